The van der Waals surface area contributed by atoms with E-state index < -0.39 is 5.91 Å². The molecule has 1 aromatic heterocycles. The number of hydrogen-bond donors (Lipinski definition) is 0. The molecule has 0 fully saturated rings. The lowest BCUT2D eigenvalue weighted by molar-refractivity contribution is 0.101. The number of thiazole rings is 1. The van der Waals surface area contributed by atoms with E-state index in [0.717, 1.165) is 5.01 Å². The Morgan fingerprint density at radius 1 is 1.82 bits per heavy atom. The molecule has 5 heteroatoms. The van der Waals surface area contributed by atoms with Crippen LogP contribution < -0.4 is 0 Å². The minimum atomic E-state index is -0.578. The van der Waals surface area contributed by atoms with Crippen LogP contribution in [0.5, 0.6) is 0 Å². The number of carbonyl (C=O) groups is 1. The molecule has 4 nitrogen and oxygen atoms in total. The van der Waals surface area contributed by atoms with Gasteiger partial charge in [-0.3, -0.25) is 4.79 Å². The van der Waals surface area contributed by atoms with Crippen molar-refractivity contribution in [3.05, 3.63) is 16.1 Å². The molecule has 0 radical (unpaired) electrons. The van der Waals surface area contributed by atoms with Gasteiger partial charge in [-0.2, -0.15) is 0 Å². The van der Waals surface area contributed by atoms with Crippen molar-refractivity contribution >= 4 is 23.3 Å². The van der Waals surface area contributed by atoms with Crippen LogP contribution in [0.15, 0.2) is 11.2 Å². The van der Waals surface area contributed by atoms with Gasteiger partial charge >= 0.3 is 0 Å². The molecular weight excluding hydrogens is 164 g/mol. The Morgan fingerprint density at radius 2 is 2.55 bits per heavy atom. The van der Waals surface area contributed by atoms with Crippen LogP contribution in [0.1, 0.15) is 14.7 Å². The van der Waals surface area contributed by atoms with Crippen molar-refractivity contribution in [3.63, 3.8) is 0 Å². The average Bonchev–Trinajstić information content (AvgIpc) is 2.36. The maximum atomic E-state index is 10.8. The first-order valence-electron chi connectivity index (χ1n) is 2.78. The van der Waals surface area contributed by atoms with Crippen molar-refractivity contribution in [2.45, 2.75) is 6.92 Å². The molecular formula is C6H4N2O2S. The summed E-state index contributed by atoms with van der Waals surface area (Å²) in [5, 5.41) is 0.773. The fourth-order valence-electron chi connectivity index (χ4n) is 0.557. The largest absolute Gasteiger partial charge is 0.299 e. The van der Waals surface area contributed by atoms with Crippen LogP contribution >= 0.6 is 11.3 Å². The van der Waals surface area contributed by atoms with E-state index >= 15 is 0 Å². The highest BCUT2D eigenvalue weighted by Gasteiger charge is 2.06. The van der Waals surface area contributed by atoms with Gasteiger partial charge in [0.05, 0.1) is 11.2 Å². The summed E-state index contributed by atoms with van der Waals surface area (Å²) in [5.74, 6) is -0.578. The van der Waals surface area contributed by atoms with Crippen molar-refractivity contribution in [2.24, 2.45) is 4.99 Å². The molecule has 0 bridgehead atoms. The molecule has 0 aliphatic rings. The average molecular weight is 168 g/mol. The lowest BCUT2D eigenvalue weighted by Crippen LogP contribution is -1.88. The zero-order chi connectivity index (χ0) is 8.27. The summed E-state index contributed by atoms with van der Waals surface area (Å²) >= 11 is 1.20. The Balaban J connectivity index is 2.93. The summed E-state index contributed by atoms with van der Waals surface area (Å²) in [5.41, 5.74) is 0. The first kappa shape index (κ1) is 7.78. The third kappa shape index (κ3) is 1.80. The van der Waals surface area contributed by atoms with Crippen LogP contribution in [-0.4, -0.2) is 17.0 Å². The number of hydrogen-bond acceptors (Lipinski definition) is 4. The Bertz CT molecular complexity index is 325. The van der Waals surface area contributed by atoms with Crippen LogP contribution in [0.4, 0.5) is 0 Å². The van der Waals surface area contributed by atoms with Crippen LogP contribution in [0, 0.1) is 6.92 Å². The molecule has 0 spiro atoms. The van der Waals surface area contributed by atoms with E-state index in [-0.39, 0.29) is 0 Å². The second kappa shape index (κ2) is 3.18. The molecule has 0 N–H and O–H groups in total. The van der Waals surface area contributed by atoms with Crippen molar-refractivity contribution < 1.29 is 9.59 Å². The van der Waals surface area contributed by atoms with Gasteiger partial charge in [-0.1, -0.05) is 0 Å². The SMILES string of the molecule is Cc1ncc(C(=O)N=C=O)s1. The zero-order valence-corrected chi connectivity index (χ0v) is 6.51. The van der Waals surface area contributed by atoms with Crippen molar-refractivity contribution in [1.82, 2.24) is 4.98 Å². The van der Waals surface area contributed by atoms with Gasteiger partial charge in [-0.15, -0.1) is 16.3 Å². The summed E-state index contributed by atoms with van der Waals surface area (Å²) in [6.07, 6.45) is 2.57. The van der Waals surface area contributed by atoms with Gasteiger partial charge in [-0.25, -0.2) is 9.78 Å². The monoisotopic (exact) mass is 168 g/mol. The van der Waals surface area contributed by atoms with Gasteiger partial charge in [0.1, 0.15) is 4.88 Å². The van der Waals surface area contributed by atoms with Crippen LogP contribution in [0.25, 0.3) is 0 Å². The maximum absolute atomic E-state index is 10.8. The number of aromatic nitrogens is 1. The van der Waals surface area contributed by atoms with E-state index in [4.69, 9.17) is 0 Å². The number of nitrogens with zero attached hydrogens (tertiary/aromatic N) is 2. The fourth-order valence-corrected chi connectivity index (χ4v) is 1.22. The number of isocyanates is 1. The molecule has 0 saturated heterocycles. The van der Waals surface area contributed by atoms with E-state index in [2.05, 4.69) is 9.98 Å². The number of carbonyl (C=O) groups excluding carboxylic acids is 2. The lowest BCUT2D eigenvalue weighted by atomic mass is 10.5. The Labute approximate surface area is 66.6 Å². The van der Waals surface area contributed by atoms with Crippen molar-refractivity contribution in [3.8, 4) is 0 Å². The van der Waals surface area contributed by atoms with Crippen LogP contribution in [-0.2, 0) is 4.79 Å². The van der Waals surface area contributed by atoms with Crippen molar-refractivity contribution in [1.29, 1.82) is 0 Å². The van der Waals surface area contributed by atoms with Crippen LogP contribution in [0.2, 0.25) is 0 Å². The third-order valence-corrected chi connectivity index (χ3v) is 1.88. The number of aryl methyl sites for hydroxylation is 1. The molecule has 1 aromatic rings. The molecule has 0 aromatic carbocycles. The van der Waals surface area contributed by atoms with Gasteiger partial charge in [0, 0.05) is 0 Å². The highest BCUT2D eigenvalue weighted by Crippen LogP contribution is 2.11. The predicted octanol–water partition coefficient (Wildman–Crippen LogP) is 0.928. The van der Waals surface area contributed by atoms with Crippen molar-refractivity contribution in [2.75, 3.05) is 0 Å². The summed E-state index contributed by atoms with van der Waals surface area (Å²) in [4.78, 5) is 27.6. The fraction of sp³-hybridized carbons (Fsp3) is 0.167. The Morgan fingerprint density at radius 3 is 3.00 bits per heavy atom. The van der Waals surface area contributed by atoms with Gasteiger partial charge in [0.15, 0.2) is 0 Å². The van der Waals surface area contributed by atoms with Gasteiger partial charge < -0.3 is 0 Å². The molecule has 1 amide bonds. The number of rotatable bonds is 1. The highest BCUT2D eigenvalue weighted by molar-refractivity contribution is 7.13. The standard InChI is InChI=1S/C6H4N2O2S/c1-4-7-2-5(11-4)6(10)8-3-9/h2H,1H3. The third-order valence-electron chi connectivity index (χ3n) is 0.979. The van der Waals surface area contributed by atoms with E-state index in [1.54, 1.807) is 6.92 Å². The first-order chi connectivity index (χ1) is 5.24. The highest BCUT2D eigenvalue weighted by atomic mass is 32.1. The first-order valence-corrected chi connectivity index (χ1v) is 3.60. The van der Waals surface area contributed by atoms with Gasteiger partial charge in [-0.05, 0) is 6.92 Å². The molecule has 0 aliphatic heterocycles. The summed E-state index contributed by atoms with van der Waals surface area (Å²) in [7, 11) is 0. The number of amides is 1. The molecule has 0 unspecified atom stereocenters. The molecule has 0 atom stereocenters. The normalized spacial score (nSPS) is 8.82. The molecule has 56 valence electrons. The molecule has 0 aliphatic carbocycles. The van der Waals surface area contributed by atoms with E-state index in [9.17, 15) is 9.59 Å². The summed E-state index contributed by atoms with van der Waals surface area (Å²) in [6.45, 7) is 1.77. The smallest absolute Gasteiger partial charge is 0.265 e. The second-order valence-corrected chi connectivity index (χ2v) is 2.99. The summed E-state index contributed by atoms with van der Waals surface area (Å²) in [6, 6.07) is 0. The molecule has 0 saturated carbocycles. The zero-order valence-electron chi connectivity index (χ0n) is 5.70. The van der Waals surface area contributed by atoms with Crippen LogP contribution in [0.3, 0.4) is 0 Å². The quantitative estimate of drug-likeness (QED) is 0.463. The second-order valence-electron chi connectivity index (χ2n) is 1.75. The van der Waals surface area contributed by atoms with E-state index in [0.29, 0.717) is 4.88 Å². The van der Waals surface area contributed by atoms with Gasteiger partial charge in [0.25, 0.3) is 5.91 Å². The lowest BCUT2D eigenvalue weighted by Gasteiger charge is -1.79. The minimum Gasteiger partial charge on any atom is -0.265 e. The Kier molecular flexibility index (Phi) is 2.25. The van der Waals surface area contributed by atoms with E-state index in [1.165, 1.54) is 23.6 Å². The van der Waals surface area contributed by atoms with E-state index in [1.807, 2.05) is 0 Å². The molecule has 1 heterocycles. The Hall–Kier alpha value is -1.32. The predicted molar refractivity (Wildman–Crippen MR) is 39.3 cm³/mol. The topological polar surface area (TPSA) is 59.4 Å². The summed E-state index contributed by atoms with van der Waals surface area (Å²) < 4.78 is 0. The number of aliphatic imine (C=N–C) groups is 1. The minimum absolute atomic E-state index is 0.367. The molecule has 11 heavy (non-hydrogen) atoms. The molecule has 1 rings (SSSR count). The maximum Gasteiger partial charge on any atom is 0.299 e. The van der Waals surface area contributed by atoms with Gasteiger partial charge in [0.2, 0.25) is 6.08 Å².